The number of urea groups is 1. The highest BCUT2D eigenvalue weighted by atomic mass is 32.2. The van der Waals surface area contributed by atoms with Crippen molar-refractivity contribution in [3.8, 4) is 0 Å². The summed E-state index contributed by atoms with van der Waals surface area (Å²) in [6.07, 6.45) is 5.20. The number of carbonyl (C=O) groups is 3. The van der Waals surface area contributed by atoms with Crippen LogP contribution >= 0.6 is 0 Å². The fraction of sp³-hybridized carbons (Fsp3) is 0.421. The lowest BCUT2D eigenvalue weighted by molar-refractivity contribution is -0.147. The monoisotopic (exact) mass is 423 g/mol. The van der Waals surface area contributed by atoms with Gasteiger partial charge in [-0.2, -0.15) is 0 Å². The molecular formula is C19H25N3O6S. The van der Waals surface area contributed by atoms with Crippen LogP contribution in [-0.4, -0.2) is 45.5 Å². The van der Waals surface area contributed by atoms with Crippen molar-refractivity contribution in [1.82, 2.24) is 15.4 Å². The zero-order chi connectivity index (χ0) is 21.3. The molecule has 1 fully saturated rings. The molecule has 0 bridgehead atoms. The highest BCUT2D eigenvalue weighted by molar-refractivity contribution is 7.92. The molecule has 1 aliphatic carbocycles. The number of rotatable bonds is 8. The average molecular weight is 423 g/mol. The van der Waals surface area contributed by atoms with Gasteiger partial charge in [0, 0.05) is 11.4 Å². The fourth-order valence-electron chi connectivity index (χ4n) is 2.70. The normalized spacial score (nSPS) is 14.7. The Hall–Kier alpha value is -2.72. The molecule has 1 aromatic carbocycles. The van der Waals surface area contributed by atoms with E-state index < -0.39 is 41.1 Å². The molecule has 0 atom stereocenters. The number of benzene rings is 1. The molecule has 0 saturated heterocycles. The summed E-state index contributed by atoms with van der Waals surface area (Å²) in [4.78, 5) is 34.9. The van der Waals surface area contributed by atoms with Crippen molar-refractivity contribution in [3.05, 3.63) is 40.8 Å². The van der Waals surface area contributed by atoms with Crippen molar-refractivity contribution in [1.29, 1.82) is 0 Å². The number of hydrogen-bond donors (Lipinski definition) is 3. The van der Waals surface area contributed by atoms with E-state index in [4.69, 9.17) is 0 Å². The summed E-state index contributed by atoms with van der Waals surface area (Å²) in [5.74, 6) is -1.74. The highest BCUT2D eigenvalue weighted by Gasteiger charge is 2.18. The quantitative estimate of drug-likeness (QED) is 0.539. The predicted molar refractivity (Wildman–Crippen MR) is 107 cm³/mol. The van der Waals surface area contributed by atoms with Gasteiger partial charge in [-0.05, 0) is 31.4 Å². The van der Waals surface area contributed by atoms with Crippen LogP contribution in [0.1, 0.15) is 36.8 Å². The van der Waals surface area contributed by atoms with Gasteiger partial charge in [-0.3, -0.25) is 14.9 Å². The van der Waals surface area contributed by atoms with Gasteiger partial charge < -0.3 is 10.1 Å². The zero-order valence-electron chi connectivity index (χ0n) is 16.1. The molecule has 3 N–H and O–H groups in total. The Labute approximate surface area is 169 Å². The molecule has 158 valence electrons. The standard InChI is InChI=1S/C19H25N3O6S/c1-14-6-8-15(9-7-14)10-11-29(26,27)20-12-18(24)28-13-17(23)22-19(25)21-16-4-2-3-5-16/h6-11,16,20H,2-5,12-13H2,1H3,(H2,21,22,23,25)/b11-10+. The van der Waals surface area contributed by atoms with Gasteiger partial charge in [0.2, 0.25) is 10.0 Å². The first-order valence-corrected chi connectivity index (χ1v) is 10.8. The van der Waals surface area contributed by atoms with Crippen LogP contribution in [0.3, 0.4) is 0 Å². The van der Waals surface area contributed by atoms with E-state index in [0.717, 1.165) is 36.7 Å². The number of esters is 1. The summed E-state index contributed by atoms with van der Waals surface area (Å²) in [6.45, 7) is 0.597. The number of imide groups is 1. The summed E-state index contributed by atoms with van der Waals surface area (Å²) in [5, 5.41) is 5.66. The molecule has 29 heavy (non-hydrogen) atoms. The fourth-order valence-corrected chi connectivity index (χ4v) is 3.46. The first-order chi connectivity index (χ1) is 13.7. The number of ether oxygens (including phenoxy) is 1. The predicted octanol–water partition coefficient (Wildman–Crippen LogP) is 1.20. The molecule has 0 radical (unpaired) electrons. The third-order valence-corrected chi connectivity index (χ3v) is 5.28. The van der Waals surface area contributed by atoms with Crippen LogP contribution in [0.4, 0.5) is 4.79 Å². The Balaban J connectivity index is 1.67. The second-order valence-corrected chi connectivity index (χ2v) is 8.39. The van der Waals surface area contributed by atoms with Crippen molar-refractivity contribution >= 4 is 34.0 Å². The Morgan fingerprint density at radius 2 is 1.79 bits per heavy atom. The Morgan fingerprint density at radius 1 is 1.14 bits per heavy atom. The summed E-state index contributed by atoms with van der Waals surface area (Å²) in [6, 6.07) is 6.62. The van der Waals surface area contributed by atoms with Gasteiger partial charge in [-0.1, -0.05) is 42.7 Å². The second kappa shape index (κ2) is 10.7. The molecule has 0 aromatic heterocycles. The van der Waals surface area contributed by atoms with Crippen molar-refractivity contribution in [2.45, 2.75) is 38.6 Å². The topological polar surface area (TPSA) is 131 Å². The summed E-state index contributed by atoms with van der Waals surface area (Å²) in [5.41, 5.74) is 1.74. The van der Waals surface area contributed by atoms with E-state index in [9.17, 15) is 22.8 Å². The SMILES string of the molecule is Cc1ccc(/C=C/S(=O)(=O)NCC(=O)OCC(=O)NC(=O)NC2CCCC2)cc1. The van der Waals surface area contributed by atoms with Crippen LogP contribution in [0.2, 0.25) is 0 Å². The number of hydrogen-bond acceptors (Lipinski definition) is 6. The number of nitrogens with one attached hydrogen (secondary N) is 3. The summed E-state index contributed by atoms with van der Waals surface area (Å²) < 4.78 is 30.5. The van der Waals surface area contributed by atoms with Crippen LogP contribution in [0.5, 0.6) is 0 Å². The maximum Gasteiger partial charge on any atom is 0.321 e. The maximum atomic E-state index is 11.9. The van der Waals surface area contributed by atoms with E-state index in [1.54, 1.807) is 12.1 Å². The van der Waals surface area contributed by atoms with Crippen LogP contribution < -0.4 is 15.4 Å². The molecule has 3 amide bonds. The second-order valence-electron chi connectivity index (χ2n) is 6.74. The van der Waals surface area contributed by atoms with Crippen molar-refractivity contribution in [3.63, 3.8) is 0 Å². The number of carbonyl (C=O) groups excluding carboxylic acids is 3. The van der Waals surface area contributed by atoms with Crippen LogP contribution in [0, 0.1) is 6.92 Å². The third-order valence-electron chi connectivity index (χ3n) is 4.24. The van der Waals surface area contributed by atoms with Gasteiger partial charge in [0.1, 0.15) is 6.54 Å². The highest BCUT2D eigenvalue weighted by Crippen LogP contribution is 2.17. The van der Waals surface area contributed by atoms with Gasteiger partial charge in [0.25, 0.3) is 5.91 Å². The molecule has 0 unspecified atom stereocenters. The summed E-state index contributed by atoms with van der Waals surface area (Å²) >= 11 is 0. The van der Waals surface area contributed by atoms with E-state index in [0.29, 0.717) is 5.56 Å². The Bertz CT molecular complexity index is 858. The van der Waals surface area contributed by atoms with Gasteiger partial charge in [-0.15, -0.1) is 0 Å². The zero-order valence-corrected chi connectivity index (χ0v) is 17.0. The lowest BCUT2D eigenvalue weighted by atomic mass is 10.2. The molecular weight excluding hydrogens is 398 g/mol. The van der Waals surface area contributed by atoms with E-state index in [1.807, 2.05) is 19.1 Å². The molecule has 2 rings (SSSR count). The molecule has 1 aliphatic rings. The smallest absolute Gasteiger partial charge is 0.321 e. The summed E-state index contributed by atoms with van der Waals surface area (Å²) in [7, 11) is -3.85. The van der Waals surface area contributed by atoms with Gasteiger partial charge in [-0.25, -0.2) is 17.9 Å². The van der Waals surface area contributed by atoms with Gasteiger partial charge in [0.15, 0.2) is 6.61 Å². The molecule has 0 heterocycles. The van der Waals surface area contributed by atoms with E-state index >= 15 is 0 Å². The molecule has 1 aromatic rings. The van der Waals surface area contributed by atoms with Crippen molar-refractivity contribution in [2.24, 2.45) is 0 Å². The van der Waals surface area contributed by atoms with E-state index in [2.05, 4.69) is 20.1 Å². The largest absolute Gasteiger partial charge is 0.455 e. The Kier molecular flexibility index (Phi) is 8.34. The molecule has 0 aliphatic heterocycles. The number of aryl methyl sites for hydroxylation is 1. The maximum absolute atomic E-state index is 11.9. The van der Waals surface area contributed by atoms with Crippen molar-refractivity contribution < 1.29 is 27.5 Å². The van der Waals surface area contributed by atoms with Crippen molar-refractivity contribution in [2.75, 3.05) is 13.2 Å². The first kappa shape index (κ1) is 22.6. The van der Waals surface area contributed by atoms with Gasteiger partial charge in [0.05, 0.1) is 0 Å². The van der Waals surface area contributed by atoms with E-state index in [1.165, 1.54) is 6.08 Å². The minimum Gasteiger partial charge on any atom is -0.455 e. The van der Waals surface area contributed by atoms with Gasteiger partial charge >= 0.3 is 12.0 Å². The first-order valence-electron chi connectivity index (χ1n) is 9.24. The van der Waals surface area contributed by atoms with E-state index in [-0.39, 0.29) is 6.04 Å². The lowest BCUT2D eigenvalue weighted by Crippen LogP contribution is -2.45. The molecule has 10 heteroatoms. The third kappa shape index (κ3) is 8.88. The Morgan fingerprint density at radius 3 is 2.45 bits per heavy atom. The molecule has 1 saturated carbocycles. The average Bonchev–Trinajstić information content (AvgIpc) is 3.17. The molecule has 9 nitrogen and oxygen atoms in total. The number of amides is 3. The molecule has 0 spiro atoms. The minimum atomic E-state index is -3.85. The van der Waals surface area contributed by atoms with Crippen LogP contribution in [-0.2, 0) is 24.3 Å². The minimum absolute atomic E-state index is 0.0488. The number of sulfonamides is 1. The lowest BCUT2D eigenvalue weighted by Gasteiger charge is -2.12. The van der Waals surface area contributed by atoms with Crippen LogP contribution in [0.15, 0.2) is 29.7 Å². The van der Waals surface area contributed by atoms with Crippen LogP contribution in [0.25, 0.3) is 6.08 Å².